The Bertz CT molecular complexity index is 898. The van der Waals surface area contributed by atoms with Gasteiger partial charge in [-0.2, -0.15) is 0 Å². The molecule has 0 bridgehead atoms. The van der Waals surface area contributed by atoms with Crippen molar-refractivity contribution in [3.8, 4) is 0 Å². The molecule has 3 aromatic rings. The fourth-order valence-electron chi connectivity index (χ4n) is 2.33. The molecule has 0 fully saturated rings. The van der Waals surface area contributed by atoms with Gasteiger partial charge in [0, 0.05) is 18.0 Å². The predicted octanol–water partition coefficient (Wildman–Crippen LogP) is 4.11. The fourth-order valence-corrected chi connectivity index (χ4v) is 2.56. The van der Waals surface area contributed by atoms with E-state index in [0.717, 1.165) is 11.1 Å². The normalized spacial score (nSPS) is 10.7. The largest absolute Gasteiger partial charge is 0.365 e. The van der Waals surface area contributed by atoms with Crippen LogP contribution in [0.2, 0.25) is 5.02 Å². The van der Waals surface area contributed by atoms with Crippen LogP contribution in [0.1, 0.15) is 11.1 Å². The highest BCUT2D eigenvalue weighted by molar-refractivity contribution is 6.33. The van der Waals surface area contributed by atoms with E-state index in [4.69, 9.17) is 11.6 Å². The van der Waals surface area contributed by atoms with E-state index in [9.17, 15) is 10.1 Å². The van der Waals surface area contributed by atoms with Gasteiger partial charge in [0.25, 0.3) is 5.69 Å². The first-order valence-corrected chi connectivity index (χ1v) is 7.31. The summed E-state index contributed by atoms with van der Waals surface area (Å²) < 4.78 is 0. The third kappa shape index (κ3) is 3.07. The van der Waals surface area contributed by atoms with Gasteiger partial charge in [-0.25, -0.2) is 9.97 Å². The van der Waals surface area contributed by atoms with Crippen LogP contribution in [0.4, 0.5) is 11.5 Å². The Labute approximate surface area is 137 Å². The lowest BCUT2D eigenvalue weighted by Gasteiger charge is -2.10. The number of rotatable bonds is 4. The summed E-state index contributed by atoms with van der Waals surface area (Å²) in [6, 6.07) is 10.9. The van der Waals surface area contributed by atoms with Crippen molar-refractivity contribution in [3.05, 3.63) is 69.0 Å². The molecule has 0 aliphatic carbocycles. The van der Waals surface area contributed by atoms with E-state index in [1.165, 1.54) is 18.5 Å². The van der Waals surface area contributed by atoms with Crippen molar-refractivity contribution in [3.63, 3.8) is 0 Å². The highest BCUT2D eigenvalue weighted by Crippen LogP contribution is 2.31. The van der Waals surface area contributed by atoms with Gasteiger partial charge in [0.15, 0.2) is 0 Å². The molecule has 0 atom stereocenters. The van der Waals surface area contributed by atoms with Crippen molar-refractivity contribution >= 4 is 34.0 Å². The topological polar surface area (TPSA) is 81.0 Å². The SMILES string of the molecule is Cc1ccccc1CNc1ncnc2cc(Cl)c([N+](=O)[O-])cc12. The van der Waals surface area contributed by atoms with Crippen LogP contribution >= 0.6 is 11.6 Å². The minimum absolute atomic E-state index is 0.0612. The van der Waals surface area contributed by atoms with E-state index in [1.807, 2.05) is 31.2 Å². The van der Waals surface area contributed by atoms with Crippen molar-refractivity contribution in [2.75, 3.05) is 5.32 Å². The monoisotopic (exact) mass is 328 g/mol. The second kappa shape index (κ2) is 6.18. The molecule has 7 heteroatoms. The number of anilines is 1. The first-order valence-electron chi connectivity index (χ1n) is 6.93. The van der Waals surface area contributed by atoms with Gasteiger partial charge in [-0.1, -0.05) is 35.9 Å². The molecule has 6 nitrogen and oxygen atoms in total. The van der Waals surface area contributed by atoms with Crippen molar-refractivity contribution in [1.82, 2.24) is 9.97 Å². The second-order valence-corrected chi connectivity index (χ2v) is 5.49. The third-order valence-corrected chi connectivity index (χ3v) is 3.91. The molecule has 2 aromatic carbocycles. The number of nitrogens with zero attached hydrogens (tertiary/aromatic N) is 3. The third-order valence-electron chi connectivity index (χ3n) is 3.61. The highest BCUT2D eigenvalue weighted by Gasteiger charge is 2.16. The second-order valence-electron chi connectivity index (χ2n) is 5.08. The Kier molecular flexibility index (Phi) is 4.08. The average molecular weight is 329 g/mol. The molecule has 0 aliphatic heterocycles. The van der Waals surface area contributed by atoms with Gasteiger partial charge in [0.1, 0.15) is 17.2 Å². The minimum Gasteiger partial charge on any atom is -0.365 e. The number of benzene rings is 2. The number of nitro benzene ring substituents is 1. The number of halogens is 1. The van der Waals surface area contributed by atoms with E-state index >= 15 is 0 Å². The van der Waals surface area contributed by atoms with Gasteiger partial charge in [-0.15, -0.1) is 0 Å². The Morgan fingerprint density at radius 2 is 2.04 bits per heavy atom. The van der Waals surface area contributed by atoms with Crippen molar-refractivity contribution in [2.45, 2.75) is 13.5 Å². The lowest BCUT2D eigenvalue weighted by atomic mass is 10.1. The maximum absolute atomic E-state index is 11.1. The van der Waals surface area contributed by atoms with Gasteiger partial charge >= 0.3 is 0 Å². The molecule has 1 N–H and O–H groups in total. The molecule has 0 aliphatic rings. The summed E-state index contributed by atoms with van der Waals surface area (Å²) in [7, 11) is 0. The van der Waals surface area contributed by atoms with E-state index in [1.54, 1.807) is 0 Å². The van der Waals surface area contributed by atoms with E-state index in [2.05, 4.69) is 15.3 Å². The lowest BCUT2D eigenvalue weighted by molar-refractivity contribution is -0.384. The summed E-state index contributed by atoms with van der Waals surface area (Å²) >= 11 is 5.92. The van der Waals surface area contributed by atoms with E-state index in [-0.39, 0.29) is 10.7 Å². The summed E-state index contributed by atoms with van der Waals surface area (Å²) in [4.78, 5) is 18.9. The smallest absolute Gasteiger partial charge is 0.288 e. The average Bonchev–Trinajstić information content (AvgIpc) is 2.53. The predicted molar refractivity (Wildman–Crippen MR) is 89.7 cm³/mol. The highest BCUT2D eigenvalue weighted by atomic mass is 35.5. The molecule has 1 aromatic heterocycles. The van der Waals surface area contributed by atoms with Gasteiger partial charge < -0.3 is 5.32 Å². The number of fused-ring (bicyclic) bond motifs is 1. The van der Waals surface area contributed by atoms with Crippen molar-refractivity contribution in [1.29, 1.82) is 0 Å². The van der Waals surface area contributed by atoms with E-state index in [0.29, 0.717) is 23.3 Å². The zero-order chi connectivity index (χ0) is 16.4. The molecule has 3 rings (SSSR count). The Morgan fingerprint density at radius 1 is 1.26 bits per heavy atom. The number of aromatic nitrogens is 2. The molecular weight excluding hydrogens is 316 g/mol. The fraction of sp³-hybridized carbons (Fsp3) is 0.125. The van der Waals surface area contributed by atoms with Crippen LogP contribution in [0.3, 0.4) is 0 Å². The number of nitro groups is 1. The number of hydrogen-bond acceptors (Lipinski definition) is 5. The van der Waals surface area contributed by atoms with Crippen LogP contribution in [0, 0.1) is 17.0 Å². The molecule has 0 saturated carbocycles. The zero-order valence-electron chi connectivity index (χ0n) is 12.3. The molecule has 0 unspecified atom stereocenters. The van der Waals surface area contributed by atoms with Crippen LogP contribution in [-0.2, 0) is 6.54 Å². The maximum atomic E-state index is 11.1. The number of hydrogen-bond donors (Lipinski definition) is 1. The molecular formula is C16H13ClN4O2. The Balaban J connectivity index is 1.99. The summed E-state index contributed by atoms with van der Waals surface area (Å²) in [5, 5.41) is 14.9. The summed E-state index contributed by atoms with van der Waals surface area (Å²) in [5.41, 5.74) is 2.69. The van der Waals surface area contributed by atoms with Crippen molar-refractivity contribution < 1.29 is 4.92 Å². The van der Waals surface area contributed by atoms with Crippen LogP contribution in [0.25, 0.3) is 10.9 Å². The molecule has 116 valence electrons. The minimum atomic E-state index is -0.514. The summed E-state index contributed by atoms with van der Waals surface area (Å²) in [5.74, 6) is 0.540. The van der Waals surface area contributed by atoms with Crippen molar-refractivity contribution in [2.24, 2.45) is 0 Å². The number of aryl methyl sites for hydroxylation is 1. The number of nitrogens with one attached hydrogen (secondary N) is 1. The Hall–Kier alpha value is -2.73. The Morgan fingerprint density at radius 3 is 2.78 bits per heavy atom. The lowest BCUT2D eigenvalue weighted by Crippen LogP contribution is -2.04. The van der Waals surface area contributed by atoms with Crippen LogP contribution in [0.15, 0.2) is 42.7 Å². The first-order chi connectivity index (χ1) is 11.1. The van der Waals surface area contributed by atoms with Crippen LogP contribution < -0.4 is 5.32 Å². The van der Waals surface area contributed by atoms with Crippen LogP contribution in [0.5, 0.6) is 0 Å². The summed E-state index contributed by atoms with van der Waals surface area (Å²) in [6.07, 6.45) is 1.41. The van der Waals surface area contributed by atoms with Crippen LogP contribution in [-0.4, -0.2) is 14.9 Å². The standard InChI is InChI=1S/C16H13ClN4O2/c1-10-4-2-3-5-11(10)8-18-16-12-6-15(21(22)23)13(17)7-14(12)19-9-20-16/h2-7,9H,8H2,1H3,(H,18,19,20). The molecule has 23 heavy (non-hydrogen) atoms. The maximum Gasteiger partial charge on any atom is 0.288 e. The van der Waals surface area contributed by atoms with E-state index < -0.39 is 4.92 Å². The zero-order valence-corrected chi connectivity index (χ0v) is 13.0. The summed E-state index contributed by atoms with van der Waals surface area (Å²) in [6.45, 7) is 2.59. The quantitative estimate of drug-likeness (QED) is 0.575. The molecule has 0 spiro atoms. The molecule has 0 amide bonds. The molecule has 1 heterocycles. The van der Waals surface area contributed by atoms with Gasteiger partial charge in [-0.3, -0.25) is 10.1 Å². The first kappa shape index (κ1) is 15.2. The molecule has 0 saturated heterocycles. The molecule has 0 radical (unpaired) electrons. The van der Waals surface area contributed by atoms with Gasteiger partial charge in [0.2, 0.25) is 0 Å². The van der Waals surface area contributed by atoms with Gasteiger partial charge in [-0.05, 0) is 24.1 Å². The van der Waals surface area contributed by atoms with Gasteiger partial charge in [0.05, 0.1) is 10.4 Å².